The van der Waals surface area contributed by atoms with Crippen molar-refractivity contribution < 1.29 is 0 Å². The molecule has 2 rings (SSSR count). The van der Waals surface area contributed by atoms with Gasteiger partial charge in [-0.2, -0.15) is 0 Å². The molecule has 0 aliphatic rings. The number of hydrogen-bond acceptors (Lipinski definition) is 2. The van der Waals surface area contributed by atoms with Crippen molar-refractivity contribution in [2.45, 2.75) is 53.0 Å². The van der Waals surface area contributed by atoms with E-state index in [4.69, 9.17) is 5.73 Å². The molecule has 0 aliphatic carbocycles. The molecule has 0 fully saturated rings. The van der Waals surface area contributed by atoms with Crippen LogP contribution in [-0.2, 0) is 5.54 Å². The van der Waals surface area contributed by atoms with Gasteiger partial charge in [-0.05, 0) is 44.7 Å². The monoisotopic (exact) mass is 271 g/mol. The van der Waals surface area contributed by atoms with E-state index in [0.717, 1.165) is 24.4 Å². The van der Waals surface area contributed by atoms with Gasteiger partial charge in [0.1, 0.15) is 5.82 Å². The Bertz CT molecular complexity index is 583. The molecule has 0 aliphatic heterocycles. The van der Waals surface area contributed by atoms with Gasteiger partial charge in [0.25, 0.3) is 0 Å². The molecule has 3 heteroatoms. The SMILES string of the molecule is CCC(N)(CC)c1ncc(-c2c(C)cc(C)cc2C)[nH]1. The van der Waals surface area contributed by atoms with E-state index in [1.54, 1.807) is 0 Å². The van der Waals surface area contributed by atoms with E-state index in [1.807, 2.05) is 6.20 Å². The number of nitrogens with zero attached hydrogens (tertiary/aromatic N) is 1. The summed E-state index contributed by atoms with van der Waals surface area (Å²) in [5, 5.41) is 0. The zero-order valence-corrected chi connectivity index (χ0v) is 13.2. The molecule has 2 aromatic rings. The fraction of sp³-hybridized carbons (Fsp3) is 0.471. The maximum Gasteiger partial charge on any atom is 0.126 e. The largest absolute Gasteiger partial charge is 0.340 e. The molecule has 108 valence electrons. The van der Waals surface area contributed by atoms with Crippen LogP contribution in [-0.4, -0.2) is 9.97 Å². The highest BCUT2D eigenvalue weighted by molar-refractivity contribution is 5.67. The van der Waals surface area contributed by atoms with Gasteiger partial charge in [0.15, 0.2) is 0 Å². The zero-order chi connectivity index (χ0) is 14.9. The Morgan fingerprint density at radius 1 is 1.10 bits per heavy atom. The lowest BCUT2D eigenvalue weighted by Gasteiger charge is -2.23. The van der Waals surface area contributed by atoms with Gasteiger partial charge in [0, 0.05) is 5.56 Å². The predicted octanol–water partition coefficient (Wildman–Crippen LogP) is 3.98. The first kappa shape index (κ1) is 14.8. The summed E-state index contributed by atoms with van der Waals surface area (Å²) >= 11 is 0. The van der Waals surface area contributed by atoms with Gasteiger partial charge in [-0.1, -0.05) is 31.5 Å². The fourth-order valence-electron chi connectivity index (χ4n) is 2.89. The molecular formula is C17H25N3. The highest BCUT2D eigenvalue weighted by Gasteiger charge is 2.26. The number of hydrogen-bond donors (Lipinski definition) is 2. The number of aromatic amines is 1. The summed E-state index contributed by atoms with van der Waals surface area (Å²) in [7, 11) is 0. The fourth-order valence-corrected chi connectivity index (χ4v) is 2.89. The third kappa shape index (κ3) is 2.50. The van der Waals surface area contributed by atoms with Gasteiger partial charge in [0.2, 0.25) is 0 Å². The molecule has 0 bridgehead atoms. The second kappa shape index (κ2) is 5.41. The molecule has 0 atom stereocenters. The predicted molar refractivity (Wildman–Crippen MR) is 84.7 cm³/mol. The maximum absolute atomic E-state index is 6.42. The summed E-state index contributed by atoms with van der Waals surface area (Å²) in [6.07, 6.45) is 3.66. The van der Waals surface area contributed by atoms with Gasteiger partial charge in [0.05, 0.1) is 17.4 Å². The molecule has 0 radical (unpaired) electrons. The molecule has 20 heavy (non-hydrogen) atoms. The van der Waals surface area contributed by atoms with E-state index in [1.165, 1.54) is 22.3 Å². The zero-order valence-electron chi connectivity index (χ0n) is 13.2. The lowest BCUT2D eigenvalue weighted by atomic mass is 9.93. The third-order valence-corrected chi connectivity index (χ3v) is 4.26. The van der Waals surface area contributed by atoms with Crippen LogP contribution in [0.1, 0.15) is 49.2 Å². The van der Waals surface area contributed by atoms with Crippen LogP contribution in [0.25, 0.3) is 11.3 Å². The molecule has 0 spiro atoms. The van der Waals surface area contributed by atoms with Crippen LogP contribution in [0.3, 0.4) is 0 Å². The number of aromatic nitrogens is 2. The Labute approximate surface area is 121 Å². The van der Waals surface area contributed by atoms with Crippen molar-refractivity contribution in [3.63, 3.8) is 0 Å². The van der Waals surface area contributed by atoms with Crippen LogP contribution in [0.15, 0.2) is 18.3 Å². The average Bonchev–Trinajstić information content (AvgIpc) is 2.86. The smallest absolute Gasteiger partial charge is 0.126 e. The Hall–Kier alpha value is -1.61. The van der Waals surface area contributed by atoms with Gasteiger partial charge < -0.3 is 10.7 Å². The third-order valence-electron chi connectivity index (χ3n) is 4.26. The summed E-state index contributed by atoms with van der Waals surface area (Å²) in [6.45, 7) is 10.6. The normalized spacial score (nSPS) is 11.9. The Morgan fingerprint density at radius 3 is 2.15 bits per heavy atom. The maximum atomic E-state index is 6.42. The van der Waals surface area contributed by atoms with Crippen LogP contribution in [0, 0.1) is 20.8 Å². The van der Waals surface area contributed by atoms with Crippen LogP contribution in [0.2, 0.25) is 0 Å². The van der Waals surface area contributed by atoms with E-state index >= 15 is 0 Å². The highest BCUT2D eigenvalue weighted by Crippen LogP contribution is 2.30. The molecule has 0 amide bonds. The van der Waals surface area contributed by atoms with Gasteiger partial charge >= 0.3 is 0 Å². The minimum Gasteiger partial charge on any atom is -0.340 e. The van der Waals surface area contributed by atoms with Crippen LogP contribution in [0.5, 0.6) is 0 Å². The van der Waals surface area contributed by atoms with Crippen molar-refractivity contribution in [2.24, 2.45) is 5.73 Å². The number of nitrogens with one attached hydrogen (secondary N) is 1. The summed E-state index contributed by atoms with van der Waals surface area (Å²) in [4.78, 5) is 7.97. The molecule has 0 saturated heterocycles. The van der Waals surface area contributed by atoms with Crippen LogP contribution >= 0.6 is 0 Å². The molecule has 1 aromatic carbocycles. The Kier molecular flexibility index (Phi) is 4.00. The molecule has 3 nitrogen and oxygen atoms in total. The molecule has 3 N–H and O–H groups in total. The molecule has 0 saturated carbocycles. The van der Waals surface area contributed by atoms with Gasteiger partial charge in [-0.15, -0.1) is 0 Å². The molecule has 1 aromatic heterocycles. The lowest BCUT2D eigenvalue weighted by molar-refractivity contribution is 0.391. The quantitative estimate of drug-likeness (QED) is 0.883. The van der Waals surface area contributed by atoms with Crippen LogP contribution in [0.4, 0.5) is 0 Å². The highest BCUT2D eigenvalue weighted by atomic mass is 15.0. The van der Waals surface area contributed by atoms with E-state index in [0.29, 0.717) is 0 Å². The average molecular weight is 271 g/mol. The number of aryl methyl sites for hydroxylation is 3. The number of nitrogens with two attached hydrogens (primary N) is 1. The standard InChI is InChI=1S/C17H25N3/c1-6-17(18,7-2)16-19-10-14(20-16)15-12(4)8-11(3)9-13(15)5/h8-10H,6-7,18H2,1-5H3,(H,19,20). The first-order chi connectivity index (χ1) is 9.41. The van der Waals surface area contributed by atoms with Crippen molar-refractivity contribution in [3.8, 4) is 11.3 Å². The van der Waals surface area contributed by atoms with E-state index in [9.17, 15) is 0 Å². The van der Waals surface area contributed by atoms with Crippen molar-refractivity contribution in [1.82, 2.24) is 9.97 Å². The molecule has 0 unspecified atom stereocenters. The van der Waals surface area contributed by atoms with Crippen molar-refractivity contribution in [1.29, 1.82) is 0 Å². The summed E-state index contributed by atoms with van der Waals surface area (Å²) in [6, 6.07) is 4.41. The Balaban J connectivity index is 2.49. The summed E-state index contributed by atoms with van der Waals surface area (Å²) in [5.74, 6) is 0.886. The van der Waals surface area contributed by atoms with E-state index in [2.05, 4.69) is 56.7 Å². The summed E-state index contributed by atoms with van der Waals surface area (Å²) in [5.41, 5.74) is 12.2. The lowest BCUT2D eigenvalue weighted by Crippen LogP contribution is -2.36. The molecular weight excluding hydrogens is 246 g/mol. The number of H-pyrrole nitrogens is 1. The Morgan fingerprint density at radius 2 is 1.65 bits per heavy atom. The number of imidazole rings is 1. The summed E-state index contributed by atoms with van der Waals surface area (Å²) < 4.78 is 0. The first-order valence-corrected chi connectivity index (χ1v) is 7.34. The second-order valence-electron chi connectivity index (χ2n) is 5.78. The molecule has 1 heterocycles. The second-order valence-corrected chi connectivity index (χ2v) is 5.78. The van der Waals surface area contributed by atoms with Crippen molar-refractivity contribution >= 4 is 0 Å². The minimum atomic E-state index is -0.356. The first-order valence-electron chi connectivity index (χ1n) is 7.34. The number of benzene rings is 1. The van der Waals surface area contributed by atoms with E-state index in [-0.39, 0.29) is 5.54 Å². The topological polar surface area (TPSA) is 54.7 Å². The number of rotatable bonds is 4. The van der Waals surface area contributed by atoms with E-state index < -0.39 is 0 Å². The van der Waals surface area contributed by atoms with Gasteiger partial charge in [-0.25, -0.2) is 4.98 Å². The minimum absolute atomic E-state index is 0.356. The van der Waals surface area contributed by atoms with Crippen molar-refractivity contribution in [3.05, 3.63) is 40.8 Å². The van der Waals surface area contributed by atoms with Crippen LogP contribution < -0.4 is 5.73 Å². The van der Waals surface area contributed by atoms with Crippen molar-refractivity contribution in [2.75, 3.05) is 0 Å². The van der Waals surface area contributed by atoms with Gasteiger partial charge in [-0.3, -0.25) is 0 Å².